The maximum atomic E-state index is 14.3. The van der Waals surface area contributed by atoms with Gasteiger partial charge in [0.15, 0.2) is 0 Å². The summed E-state index contributed by atoms with van der Waals surface area (Å²) < 4.78 is 28.5. The van der Waals surface area contributed by atoms with Gasteiger partial charge in [-0.15, -0.1) is 0 Å². The average molecular weight is 599 g/mol. The smallest absolute Gasteiger partial charge is 0.123 e. The molecule has 0 aliphatic heterocycles. The molecule has 0 aliphatic carbocycles. The van der Waals surface area contributed by atoms with Crippen molar-refractivity contribution in [3.63, 3.8) is 0 Å². The molecular formula is C40H24F2N4. The highest BCUT2D eigenvalue weighted by Gasteiger charge is 2.17. The lowest BCUT2D eigenvalue weighted by Gasteiger charge is -2.13. The second-order valence-electron chi connectivity index (χ2n) is 11.0. The van der Waals surface area contributed by atoms with Crippen molar-refractivity contribution in [2.75, 3.05) is 0 Å². The third-order valence-corrected chi connectivity index (χ3v) is 7.95. The molecule has 0 amide bonds. The van der Waals surface area contributed by atoms with E-state index in [0.29, 0.717) is 33.5 Å². The van der Waals surface area contributed by atoms with Crippen molar-refractivity contribution in [2.45, 2.75) is 0 Å². The molecule has 218 valence electrons. The second-order valence-corrected chi connectivity index (χ2v) is 11.0. The highest BCUT2D eigenvalue weighted by molar-refractivity contribution is 5.92. The Hall–Kier alpha value is -6.14. The summed E-state index contributed by atoms with van der Waals surface area (Å²) in [5, 5.41) is 0. The first-order valence-corrected chi connectivity index (χ1v) is 14.9. The van der Waals surface area contributed by atoms with Crippen molar-refractivity contribution in [1.82, 2.24) is 19.9 Å². The van der Waals surface area contributed by atoms with E-state index in [-0.39, 0.29) is 11.6 Å². The van der Waals surface area contributed by atoms with Crippen LogP contribution in [0, 0.1) is 11.6 Å². The van der Waals surface area contributed by atoms with Crippen molar-refractivity contribution in [3.05, 3.63) is 157 Å². The molecule has 2 heterocycles. The number of benzene rings is 6. The molecule has 2 aromatic heterocycles. The summed E-state index contributed by atoms with van der Waals surface area (Å²) in [6.45, 7) is 0. The van der Waals surface area contributed by atoms with E-state index in [1.165, 1.54) is 24.3 Å². The minimum absolute atomic E-state index is 0.384. The van der Waals surface area contributed by atoms with E-state index >= 15 is 0 Å². The Morgan fingerprint density at radius 2 is 0.652 bits per heavy atom. The van der Waals surface area contributed by atoms with E-state index in [1.807, 2.05) is 97.1 Å². The molecule has 0 N–H and O–H groups in total. The van der Waals surface area contributed by atoms with Gasteiger partial charge in [-0.1, -0.05) is 97.1 Å². The van der Waals surface area contributed by atoms with Crippen LogP contribution in [0.15, 0.2) is 146 Å². The summed E-state index contributed by atoms with van der Waals surface area (Å²) in [5.74, 6) is -0.772. The molecule has 0 saturated carbocycles. The lowest BCUT2D eigenvalue weighted by atomic mass is 10.0. The van der Waals surface area contributed by atoms with E-state index in [1.54, 1.807) is 24.3 Å². The molecule has 6 aromatic carbocycles. The molecule has 0 spiro atoms. The molecule has 0 fully saturated rings. The lowest BCUT2D eigenvalue weighted by Crippen LogP contribution is -1.97. The molecular weight excluding hydrogens is 574 g/mol. The van der Waals surface area contributed by atoms with Crippen molar-refractivity contribution >= 4 is 22.1 Å². The fourth-order valence-corrected chi connectivity index (χ4v) is 5.74. The number of nitrogens with zero attached hydrogens (tertiary/aromatic N) is 4. The van der Waals surface area contributed by atoms with Crippen LogP contribution in [0.3, 0.4) is 0 Å². The molecule has 8 rings (SSSR count). The van der Waals surface area contributed by atoms with Crippen molar-refractivity contribution in [1.29, 1.82) is 0 Å². The molecule has 8 aromatic rings. The summed E-state index contributed by atoms with van der Waals surface area (Å²) in [7, 11) is 0. The fraction of sp³-hybridized carbons (Fsp3) is 0. The highest BCUT2D eigenvalue weighted by atomic mass is 19.1. The Morgan fingerprint density at radius 3 is 1.07 bits per heavy atom. The quantitative estimate of drug-likeness (QED) is 0.198. The van der Waals surface area contributed by atoms with Crippen LogP contribution in [-0.2, 0) is 0 Å². The maximum absolute atomic E-state index is 14.3. The van der Waals surface area contributed by atoms with Crippen molar-refractivity contribution < 1.29 is 8.78 Å². The van der Waals surface area contributed by atoms with Gasteiger partial charge in [0.2, 0.25) is 0 Å². The van der Waals surface area contributed by atoms with Crippen LogP contribution in [0.5, 0.6) is 0 Å². The number of rotatable bonds is 5. The molecule has 0 atom stereocenters. The molecule has 4 nitrogen and oxygen atoms in total. The first kappa shape index (κ1) is 27.4. The van der Waals surface area contributed by atoms with E-state index in [2.05, 4.69) is 0 Å². The van der Waals surface area contributed by atoms with Gasteiger partial charge in [-0.3, -0.25) is 0 Å². The SMILES string of the molecule is Fc1cccc(-c2nc3ccc(-c4ccc5nc(-c6ccccc6)c(-c6ccccc6)nc5c4)cc3nc2-c2cccc(F)c2)c1. The Morgan fingerprint density at radius 1 is 0.283 bits per heavy atom. The molecule has 0 unspecified atom stereocenters. The summed E-state index contributed by atoms with van der Waals surface area (Å²) in [4.78, 5) is 20.0. The minimum atomic E-state index is -0.388. The van der Waals surface area contributed by atoms with Crippen LogP contribution >= 0.6 is 0 Å². The number of fused-ring (bicyclic) bond motifs is 2. The zero-order chi connectivity index (χ0) is 31.0. The van der Waals surface area contributed by atoms with E-state index < -0.39 is 0 Å². The first-order valence-electron chi connectivity index (χ1n) is 14.9. The molecule has 46 heavy (non-hydrogen) atoms. The van der Waals surface area contributed by atoms with Crippen LogP contribution < -0.4 is 0 Å². The van der Waals surface area contributed by atoms with E-state index in [4.69, 9.17) is 19.9 Å². The maximum Gasteiger partial charge on any atom is 0.123 e. The van der Waals surface area contributed by atoms with Crippen LogP contribution in [0.4, 0.5) is 8.78 Å². The van der Waals surface area contributed by atoms with E-state index in [9.17, 15) is 8.78 Å². The molecule has 0 radical (unpaired) electrons. The van der Waals surface area contributed by atoms with Gasteiger partial charge in [0.1, 0.15) is 11.6 Å². The van der Waals surface area contributed by atoms with Gasteiger partial charge in [-0.2, -0.15) is 0 Å². The Bertz CT molecular complexity index is 2390. The predicted molar refractivity (Wildman–Crippen MR) is 180 cm³/mol. The van der Waals surface area contributed by atoms with Crippen molar-refractivity contribution in [2.24, 2.45) is 0 Å². The monoisotopic (exact) mass is 598 g/mol. The highest BCUT2D eigenvalue weighted by Crippen LogP contribution is 2.35. The van der Waals surface area contributed by atoms with Gasteiger partial charge >= 0.3 is 0 Å². The number of aromatic nitrogens is 4. The lowest BCUT2D eigenvalue weighted by molar-refractivity contribution is 0.627. The zero-order valence-corrected chi connectivity index (χ0v) is 24.4. The molecule has 0 bridgehead atoms. The largest absolute Gasteiger partial charge is 0.244 e. The first-order chi connectivity index (χ1) is 22.6. The summed E-state index contributed by atoms with van der Waals surface area (Å²) in [6.07, 6.45) is 0. The van der Waals surface area contributed by atoms with Gasteiger partial charge in [0.05, 0.1) is 44.8 Å². The summed E-state index contributed by atoms with van der Waals surface area (Å²) in [6, 6.07) is 44.5. The minimum Gasteiger partial charge on any atom is -0.244 e. The zero-order valence-electron chi connectivity index (χ0n) is 24.4. The van der Waals surface area contributed by atoms with Crippen LogP contribution in [0.2, 0.25) is 0 Å². The fourth-order valence-electron chi connectivity index (χ4n) is 5.74. The predicted octanol–water partition coefficient (Wildman–Crippen LogP) is 10.2. The average Bonchev–Trinajstić information content (AvgIpc) is 3.11. The summed E-state index contributed by atoms with van der Waals surface area (Å²) in [5.41, 5.74) is 10.4. The molecule has 0 aliphatic rings. The van der Waals surface area contributed by atoms with Gasteiger partial charge in [0, 0.05) is 22.3 Å². The number of hydrogen-bond acceptors (Lipinski definition) is 4. The van der Waals surface area contributed by atoms with Crippen LogP contribution in [0.1, 0.15) is 0 Å². The van der Waals surface area contributed by atoms with Crippen molar-refractivity contribution in [3.8, 4) is 56.2 Å². The Balaban J connectivity index is 1.27. The standard InChI is InChI=1S/C40H24F2N4/c41-31-15-7-13-29(21-31)39-40(30-14-8-16-32(42)22-30)46-36-24-28(18-20-34(36)44-39)27-17-19-33-35(23-27)45-38(26-11-5-2-6-12-26)37(43-33)25-9-3-1-4-10-25/h1-24H. The number of hydrogen-bond donors (Lipinski definition) is 0. The topological polar surface area (TPSA) is 51.6 Å². The number of halogens is 2. The molecule has 0 saturated heterocycles. The van der Waals surface area contributed by atoms with Gasteiger partial charge in [0.25, 0.3) is 0 Å². The second kappa shape index (κ2) is 11.4. The third kappa shape index (κ3) is 5.16. The van der Waals surface area contributed by atoms with Crippen LogP contribution in [0.25, 0.3) is 78.2 Å². The van der Waals surface area contributed by atoms with Crippen LogP contribution in [-0.4, -0.2) is 19.9 Å². The van der Waals surface area contributed by atoms with Gasteiger partial charge < -0.3 is 0 Å². The summed E-state index contributed by atoms with van der Waals surface area (Å²) >= 11 is 0. The third-order valence-electron chi connectivity index (χ3n) is 7.95. The van der Waals surface area contributed by atoms with Gasteiger partial charge in [-0.25, -0.2) is 28.7 Å². The van der Waals surface area contributed by atoms with E-state index in [0.717, 1.165) is 44.7 Å². The molecule has 6 heteroatoms. The Kier molecular flexibility index (Phi) is 6.80. The normalized spacial score (nSPS) is 11.3. The Labute approximate surface area is 263 Å². The van der Waals surface area contributed by atoms with Gasteiger partial charge in [-0.05, 0) is 59.7 Å².